The van der Waals surface area contributed by atoms with Gasteiger partial charge in [-0.05, 0) is 6.07 Å². The number of anilines is 1. The van der Waals surface area contributed by atoms with Crippen LogP contribution in [0.4, 0.5) is 5.69 Å². The van der Waals surface area contributed by atoms with Crippen molar-refractivity contribution in [1.29, 1.82) is 0 Å². The molecule has 6 nitrogen and oxygen atoms in total. The largest absolute Gasteiger partial charge is 0.351 e. The minimum atomic E-state index is -0.819. The molecular weight excluding hydrogens is 234 g/mol. The Labute approximate surface area is 104 Å². The summed E-state index contributed by atoms with van der Waals surface area (Å²) in [5.74, 6) is -1.84. The van der Waals surface area contributed by atoms with Gasteiger partial charge in [-0.1, -0.05) is 18.2 Å². The van der Waals surface area contributed by atoms with Crippen LogP contribution in [-0.4, -0.2) is 31.8 Å². The van der Waals surface area contributed by atoms with Crippen molar-refractivity contribution in [2.75, 3.05) is 19.0 Å². The second-order valence-electron chi connectivity index (χ2n) is 3.94. The maximum Gasteiger partial charge on any atom is 0.310 e. The molecule has 1 heterocycles. The third-order valence-electron chi connectivity index (χ3n) is 2.90. The molecule has 6 heteroatoms. The fraction of sp³-hybridized carbons (Fsp3) is 0.250. The lowest BCUT2D eigenvalue weighted by molar-refractivity contribution is -0.140. The monoisotopic (exact) mass is 247 g/mol. The van der Waals surface area contributed by atoms with E-state index in [1.807, 2.05) is 6.07 Å². The van der Waals surface area contributed by atoms with Gasteiger partial charge in [0.15, 0.2) is 0 Å². The average molecular weight is 247 g/mol. The highest BCUT2D eigenvalue weighted by atomic mass is 16.2. The Morgan fingerprint density at radius 3 is 2.56 bits per heavy atom. The van der Waals surface area contributed by atoms with Crippen LogP contribution in [0.15, 0.2) is 24.3 Å². The molecule has 0 unspecified atom stereocenters. The molecule has 1 aliphatic rings. The summed E-state index contributed by atoms with van der Waals surface area (Å²) in [6, 6.07) is 6.34. The third kappa shape index (κ3) is 1.81. The molecule has 0 spiro atoms. The van der Waals surface area contributed by atoms with Crippen molar-refractivity contribution in [2.45, 2.75) is 6.04 Å². The quantitative estimate of drug-likeness (QED) is 0.661. The average Bonchev–Trinajstić information content (AvgIpc) is 2.63. The third-order valence-corrected chi connectivity index (χ3v) is 2.90. The summed E-state index contributed by atoms with van der Waals surface area (Å²) in [6.07, 6.45) is 0. The molecule has 2 N–H and O–H groups in total. The highest BCUT2D eigenvalue weighted by Gasteiger charge is 2.36. The Hall–Kier alpha value is -2.37. The van der Waals surface area contributed by atoms with Gasteiger partial charge in [0.2, 0.25) is 0 Å². The molecule has 0 radical (unpaired) electrons. The number of likely N-dealkylation sites (N-methyl/N-ethyl adjacent to an activating group) is 2. The Bertz CT molecular complexity index is 527. The van der Waals surface area contributed by atoms with E-state index in [0.29, 0.717) is 5.56 Å². The zero-order valence-corrected chi connectivity index (χ0v) is 10.1. The number of hydrogen-bond acceptors (Lipinski definition) is 3. The Kier molecular flexibility index (Phi) is 3.01. The Balaban J connectivity index is 2.27. The molecule has 3 amide bonds. The molecule has 2 rings (SSSR count). The van der Waals surface area contributed by atoms with Crippen LogP contribution in [0.2, 0.25) is 0 Å². The van der Waals surface area contributed by atoms with Gasteiger partial charge in [0, 0.05) is 25.3 Å². The van der Waals surface area contributed by atoms with E-state index in [1.165, 1.54) is 11.9 Å². The van der Waals surface area contributed by atoms with Gasteiger partial charge in [-0.25, -0.2) is 0 Å². The van der Waals surface area contributed by atoms with Crippen LogP contribution in [0.1, 0.15) is 11.6 Å². The number of amides is 3. The second-order valence-corrected chi connectivity index (χ2v) is 3.94. The lowest BCUT2D eigenvalue weighted by Crippen LogP contribution is -2.43. The van der Waals surface area contributed by atoms with E-state index >= 15 is 0 Å². The molecule has 0 aromatic heterocycles. The van der Waals surface area contributed by atoms with Crippen molar-refractivity contribution >= 4 is 23.4 Å². The maximum atomic E-state index is 12.0. The summed E-state index contributed by atoms with van der Waals surface area (Å²) in [7, 11) is 2.99. The minimum absolute atomic E-state index is 0.256. The van der Waals surface area contributed by atoms with E-state index in [4.69, 9.17) is 0 Å². The van der Waals surface area contributed by atoms with Crippen molar-refractivity contribution < 1.29 is 14.4 Å². The van der Waals surface area contributed by atoms with E-state index in [2.05, 4.69) is 10.6 Å². The maximum absolute atomic E-state index is 12.0. The van der Waals surface area contributed by atoms with Gasteiger partial charge in [0.05, 0.1) is 0 Å². The molecule has 1 aliphatic heterocycles. The molecule has 0 aliphatic carbocycles. The van der Waals surface area contributed by atoms with Crippen LogP contribution in [0.25, 0.3) is 0 Å². The van der Waals surface area contributed by atoms with Gasteiger partial charge in [0.25, 0.3) is 5.91 Å². The van der Waals surface area contributed by atoms with Crippen LogP contribution in [-0.2, 0) is 14.4 Å². The van der Waals surface area contributed by atoms with E-state index in [1.54, 1.807) is 25.2 Å². The molecule has 94 valence electrons. The fourth-order valence-corrected chi connectivity index (χ4v) is 1.93. The number of carbonyl (C=O) groups excluding carboxylic acids is 3. The van der Waals surface area contributed by atoms with E-state index < -0.39 is 17.9 Å². The summed E-state index contributed by atoms with van der Waals surface area (Å²) in [5, 5.41) is 4.64. The predicted octanol–water partition coefficient (Wildman–Crippen LogP) is -0.434. The van der Waals surface area contributed by atoms with Gasteiger partial charge in [0.1, 0.15) is 6.04 Å². The van der Waals surface area contributed by atoms with Gasteiger partial charge in [-0.3, -0.25) is 14.4 Å². The van der Waals surface area contributed by atoms with E-state index in [0.717, 1.165) is 5.69 Å². The van der Waals surface area contributed by atoms with E-state index in [-0.39, 0.29) is 5.91 Å². The molecule has 0 fully saturated rings. The summed E-state index contributed by atoms with van der Waals surface area (Å²) in [4.78, 5) is 36.1. The first-order valence-electron chi connectivity index (χ1n) is 5.45. The number of nitrogens with zero attached hydrogens (tertiary/aromatic N) is 1. The van der Waals surface area contributed by atoms with Crippen LogP contribution in [0.5, 0.6) is 0 Å². The predicted molar refractivity (Wildman–Crippen MR) is 64.8 cm³/mol. The number of nitrogens with one attached hydrogen (secondary N) is 2. The molecular formula is C12H13N3O3. The van der Waals surface area contributed by atoms with Crippen molar-refractivity contribution in [1.82, 2.24) is 10.6 Å². The molecule has 1 aromatic carbocycles. The summed E-state index contributed by atoms with van der Waals surface area (Å²) in [5.41, 5.74) is 1.44. The Morgan fingerprint density at radius 2 is 1.89 bits per heavy atom. The van der Waals surface area contributed by atoms with Crippen molar-refractivity contribution in [2.24, 2.45) is 0 Å². The topological polar surface area (TPSA) is 78.5 Å². The highest BCUT2D eigenvalue weighted by Crippen LogP contribution is 2.34. The van der Waals surface area contributed by atoms with Gasteiger partial charge >= 0.3 is 11.8 Å². The fourth-order valence-electron chi connectivity index (χ4n) is 1.93. The lowest BCUT2D eigenvalue weighted by Gasteiger charge is -2.12. The summed E-state index contributed by atoms with van der Waals surface area (Å²) >= 11 is 0. The number of carbonyl (C=O) groups is 3. The molecule has 1 aromatic rings. The normalized spacial score (nSPS) is 17.3. The van der Waals surface area contributed by atoms with Gasteiger partial charge in [-0.2, -0.15) is 0 Å². The van der Waals surface area contributed by atoms with Gasteiger partial charge < -0.3 is 15.5 Å². The van der Waals surface area contributed by atoms with Gasteiger partial charge in [-0.15, -0.1) is 0 Å². The van der Waals surface area contributed by atoms with Crippen LogP contribution in [0, 0.1) is 0 Å². The highest BCUT2D eigenvalue weighted by molar-refractivity contribution is 6.35. The molecule has 1 atom stereocenters. The smallest absolute Gasteiger partial charge is 0.310 e. The zero-order chi connectivity index (χ0) is 13.3. The summed E-state index contributed by atoms with van der Waals surface area (Å²) in [6.45, 7) is 0. The number of fused-ring (bicyclic) bond motifs is 1. The molecule has 0 saturated carbocycles. The number of para-hydroxylation sites is 1. The Morgan fingerprint density at radius 1 is 1.22 bits per heavy atom. The first kappa shape index (κ1) is 12.1. The molecule has 18 heavy (non-hydrogen) atoms. The van der Waals surface area contributed by atoms with Crippen LogP contribution in [0.3, 0.4) is 0 Å². The number of hydrogen-bond donors (Lipinski definition) is 2. The first-order valence-corrected chi connectivity index (χ1v) is 5.45. The minimum Gasteiger partial charge on any atom is -0.351 e. The number of benzene rings is 1. The second kappa shape index (κ2) is 4.48. The van der Waals surface area contributed by atoms with Crippen molar-refractivity contribution in [3.05, 3.63) is 29.8 Å². The summed E-state index contributed by atoms with van der Waals surface area (Å²) < 4.78 is 0. The SMILES string of the molecule is CNC(=O)C(=O)N[C@H]1C(=O)N(C)c2ccccc21. The lowest BCUT2D eigenvalue weighted by atomic mass is 10.1. The van der Waals surface area contributed by atoms with Crippen molar-refractivity contribution in [3.8, 4) is 0 Å². The van der Waals surface area contributed by atoms with Crippen molar-refractivity contribution in [3.63, 3.8) is 0 Å². The molecule has 0 bridgehead atoms. The van der Waals surface area contributed by atoms with Crippen LogP contribution < -0.4 is 15.5 Å². The van der Waals surface area contributed by atoms with E-state index in [9.17, 15) is 14.4 Å². The zero-order valence-electron chi connectivity index (χ0n) is 10.1. The standard InChI is InChI=1S/C12H13N3O3/c1-13-10(16)11(17)14-9-7-5-3-4-6-8(7)15(2)12(9)18/h3-6,9H,1-2H3,(H,13,16)(H,14,17)/t9-/m1/s1. The first-order chi connectivity index (χ1) is 8.56. The number of rotatable bonds is 1. The van der Waals surface area contributed by atoms with Crippen LogP contribution >= 0.6 is 0 Å². The molecule has 0 saturated heterocycles.